The molecule has 0 aliphatic heterocycles. The first-order chi connectivity index (χ1) is 7.63. The van der Waals surface area contributed by atoms with Gasteiger partial charge in [-0.2, -0.15) is 0 Å². The molecule has 0 aliphatic carbocycles. The lowest BCUT2D eigenvalue weighted by Gasteiger charge is -1.92. The van der Waals surface area contributed by atoms with E-state index in [4.69, 9.17) is 0 Å². The zero-order valence-electron chi connectivity index (χ0n) is 9.06. The molecule has 2 rings (SSSR count). The second kappa shape index (κ2) is 5.65. The minimum absolute atomic E-state index is 0.163. The Hall–Kier alpha value is -2.17. The number of benzene rings is 1. The fourth-order valence-corrected chi connectivity index (χ4v) is 0.985. The zero-order chi connectivity index (χ0) is 12.0. The Morgan fingerprint density at radius 2 is 2.00 bits per heavy atom. The van der Waals surface area contributed by atoms with Crippen LogP contribution in [0.25, 0.3) is 11.0 Å². The van der Waals surface area contributed by atoms with Crippen LogP contribution in [0.15, 0.2) is 35.3 Å². The third-order valence-corrected chi connectivity index (χ3v) is 1.77. The van der Waals surface area contributed by atoms with Crippen LogP contribution in [-0.2, 0) is 9.53 Å². The van der Waals surface area contributed by atoms with Gasteiger partial charge in [0.15, 0.2) is 0 Å². The van der Waals surface area contributed by atoms with E-state index in [1.54, 1.807) is 0 Å². The molecular weight excluding hydrogens is 208 g/mol. The molecule has 1 N–H and O–H groups in total. The SMILES string of the molecule is COC(C)=O.O=c1cnc2ccccc2[nH]1. The van der Waals surface area contributed by atoms with Gasteiger partial charge in [0.05, 0.1) is 24.3 Å². The number of hydrogen-bond acceptors (Lipinski definition) is 4. The van der Waals surface area contributed by atoms with Gasteiger partial charge in [0.1, 0.15) is 0 Å². The lowest BCUT2D eigenvalue weighted by atomic mass is 10.3. The Morgan fingerprint density at radius 3 is 2.62 bits per heavy atom. The van der Waals surface area contributed by atoms with Crippen molar-refractivity contribution in [3.63, 3.8) is 0 Å². The standard InChI is InChI=1S/C8H6N2O.C3H6O2/c11-8-5-9-6-3-1-2-4-7(6)10-8;1-3(4)5-2/h1-5H,(H,10,11);1-2H3. The number of carbonyl (C=O) groups excluding carboxylic acids is 1. The second-order valence-corrected chi connectivity index (χ2v) is 2.96. The number of rotatable bonds is 0. The monoisotopic (exact) mass is 220 g/mol. The van der Waals surface area contributed by atoms with E-state index >= 15 is 0 Å². The molecule has 1 aromatic carbocycles. The van der Waals surface area contributed by atoms with Crippen molar-refractivity contribution >= 4 is 17.0 Å². The number of fused-ring (bicyclic) bond motifs is 1. The van der Waals surface area contributed by atoms with Crippen LogP contribution in [0.5, 0.6) is 0 Å². The largest absolute Gasteiger partial charge is 0.469 e. The second-order valence-electron chi connectivity index (χ2n) is 2.96. The van der Waals surface area contributed by atoms with Gasteiger partial charge in [0.2, 0.25) is 0 Å². The van der Waals surface area contributed by atoms with E-state index in [1.165, 1.54) is 20.2 Å². The van der Waals surface area contributed by atoms with Crippen LogP contribution in [0.2, 0.25) is 0 Å². The van der Waals surface area contributed by atoms with Crippen molar-refractivity contribution in [2.24, 2.45) is 0 Å². The van der Waals surface area contributed by atoms with Crippen LogP contribution in [0.4, 0.5) is 0 Å². The number of aromatic nitrogens is 2. The van der Waals surface area contributed by atoms with Crippen molar-refractivity contribution in [3.05, 3.63) is 40.8 Å². The smallest absolute Gasteiger partial charge is 0.302 e. The van der Waals surface area contributed by atoms with E-state index in [-0.39, 0.29) is 11.5 Å². The molecule has 0 fully saturated rings. The van der Waals surface area contributed by atoms with E-state index in [9.17, 15) is 9.59 Å². The summed E-state index contributed by atoms with van der Waals surface area (Å²) in [6, 6.07) is 7.42. The van der Waals surface area contributed by atoms with E-state index in [0.717, 1.165) is 11.0 Å². The minimum atomic E-state index is -0.245. The maximum absolute atomic E-state index is 10.8. The summed E-state index contributed by atoms with van der Waals surface area (Å²) in [5.74, 6) is -0.245. The lowest BCUT2D eigenvalue weighted by molar-refractivity contribution is -0.137. The minimum Gasteiger partial charge on any atom is -0.469 e. The Labute approximate surface area is 92.1 Å². The van der Waals surface area contributed by atoms with E-state index in [0.29, 0.717) is 0 Å². The van der Waals surface area contributed by atoms with Gasteiger partial charge >= 0.3 is 5.97 Å². The summed E-state index contributed by atoms with van der Waals surface area (Å²) < 4.78 is 4.11. The van der Waals surface area contributed by atoms with Gasteiger partial charge in [-0.3, -0.25) is 9.59 Å². The number of esters is 1. The quantitative estimate of drug-likeness (QED) is 0.675. The van der Waals surface area contributed by atoms with E-state index in [2.05, 4.69) is 14.7 Å². The number of H-pyrrole nitrogens is 1. The fourth-order valence-electron chi connectivity index (χ4n) is 0.985. The number of para-hydroxylation sites is 2. The molecule has 0 spiro atoms. The maximum Gasteiger partial charge on any atom is 0.302 e. The number of nitrogens with zero attached hydrogens (tertiary/aromatic N) is 1. The predicted octanol–water partition coefficient (Wildman–Crippen LogP) is 1.10. The van der Waals surface area contributed by atoms with Gasteiger partial charge in [-0.1, -0.05) is 12.1 Å². The molecule has 0 radical (unpaired) electrons. The molecule has 0 saturated heterocycles. The summed E-state index contributed by atoms with van der Waals surface area (Å²) in [7, 11) is 1.35. The first-order valence-electron chi connectivity index (χ1n) is 4.62. The van der Waals surface area contributed by atoms with Gasteiger partial charge in [-0.05, 0) is 12.1 Å². The highest BCUT2D eigenvalue weighted by Gasteiger charge is 1.90. The molecule has 0 unspecified atom stereocenters. The lowest BCUT2D eigenvalue weighted by Crippen LogP contribution is -2.04. The third kappa shape index (κ3) is 3.53. The maximum atomic E-state index is 10.8. The highest BCUT2D eigenvalue weighted by Crippen LogP contribution is 2.02. The summed E-state index contributed by atoms with van der Waals surface area (Å²) in [6.45, 7) is 1.36. The molecule has 0 saturated carbocycles. The number of nitrogens with one attached hydrogen (secondary N) is 1. The summed E-state index contributed by atoms with van der Waals surface area (Å²) in [4.78, 5) is 27.0. The highest BCUT2D eigenvalue weighted by atomic mass is 16.5. The van der Waals surface area contributed by atoms with Crippen LogP contribution in [-0.4, -0.2) is 23.0 Å². The van der Waals surface area contributed by atoms with Gasteiger partial charge in [-0.25, -0.2) is 4.98 Å². The van der Waals surface area contributed by atoms with Crippen LogP contribution >= 0.6 is 0 Å². The van der Waals surface area contributed by atoms with Gasteiger partial charge < -0.3 is 9.72 Å². The Balaban J connectivity index is 0.000000221. The first-order valence-corrected chi connectivity index (χ1v) is 4.62. The molecule has 2 aromatic rings. The summed E-state index contributed by atoms with van der Waals surface area (Å²) >= 11 is 0. The van der Waals surface area contributed by atoms with Crippen LogP contribution < -0.4 is 5.56 Å². The molecule has 0 atom stereocenters. The molecular formula is C11H12N2O3. The van der Waals surface area contributed by atoms with Crippen LogP contribution in [0.1, 0.15) is 6.92 Å². The van der Waals surface area contributed by atoms with Gasteiger partial charge in [-0.15, -0.1) is 0 Å². The Morgan fingerprint density at radius 1 is 1.38 bits per heavy atom. The molecule has 0 aliphatic rings. The molecule has 0 bridgehead atoms. The van der Waals surface area contributed by atoms with Gasteiger partial charge in [0, 0.05) is 6.92 Å². The van der Waals surface area contributed by atoms with Crippen molar-refractivity contribution in [2.75, 3.05) is 7.11 Å². The normalized spacial score (nSPS) is 9.12. The topological polar surface area (TPSA) is 72.1 Å². The number of aromatic amines is 1. The molecule has 1 aromatic heterocycles. The fraction of sp³-hybridized carbons (Fsp3) is 0.182. The number of hydrogen-bond donors (Lipinski definition) is 1. The molecule has 5 nitrogen and oxygen atoms in total. The first kappa shape index (κ1) is 11.9. The number of carbonyl (C=O) groups is 1. The Bertz CT molecular complexity index is 534. The van der Waals surface area contributed by atoms with Gasteiger partial charge in [0.25, 0.3) is 5.56 Å². The van der Waals surface area contributed by atoms with E-state index < -0.39 is 0 Å². The third-order valence-electron chi connectivity index (χ3n) is 1.77. The Kier molecular flexibility index (Phi) is 4.20. The number of methoxy groups -OCH3 is 1. The van der Waals surface area contributed by atoms with Crippen LogP contribution in [0, 0.1) is 0 Å². The van der Waals surface area contributed by atoms with Crippen molar-refractivity contribution in [2.45, 2.75) is 6.92 Å². The van der Waals surface area contributed by atoms with Crippen molar-refractivity contribution < 1.29 is 9.53 Å². The zero-order valence-corrected chi connectivity index (χ0v) is 9.06. The average Bonchev–Trinajstić information content (AvgIpc) is 2.29. The van der Waals surface area contributed by atoms with Crippen molar-refractivity contribution in [1.29, 1.82) is 0 Å². The molecule has 84 valence electrons. The average molecular weight is 220 g/mol. The highest BCUT2D eigenvalue weighted by molar-refractivity contribution is 5.72. The van der Waals surface area contributed by atoms with E-state index in [1.807, 2.05) is 24.3 Å². The summed E-state index contributed by atoms with van der Waals surface area (Å²) in [5, 5.41) is 0. The molecule has 0 amide bonds. The molecule has 5 heteroatoms. The van der Waals surface area contributed by atoms with Crippen molar-refractivity contribution in [1.82, 2.24) is 9.97 Å². The summed E-state index contributed by atoms with van der Waals surface area (Å²) in [5.41, 5.74) is 1.43. The van der Waals surface area contributed by atoms with Crippen molar-refractivity contribution in [3.8, 4) is 0 Å². The van der Waals surface area contributed by atoms with Crippen LogP contribution in [0.3, 0.4) is 0 Å². The molecule has 1 heterocycles. The predicted molar refractivity (Wildman–Crippen MR) is 60.1 cm³/mol. The summed E-state index contributed by atoms with van der Waals surface area (Å²) in [6.07, 6.45) is 1.28. The molecule has 16 heavy (non-hydrogen) atoms. The number of ether oxygens (including phenoxy) is 1.